The van der Waals surface area contributed by atoms with Crippen molar-refractivity contribution in [2.75, 3.05) is 6.67 Å². The molecule has 1 heteroatoms. The Bertz CT molecular complexity index is 213. The van der Waals surface area contributed by atoms with Gasteiger partial charge >= 0.3 is 0 Å². The van der Waals surface area contributed by atoms with Gasteiger partial charge in [-0.1, -0.05) is 36.9 Å². The van der Waals surface area contributed by atoms with Crippen molar-refractivity contribution in [3.63, 3.8) is 0 Å². The first-order valence-electron chi connectivity index (χ1n) is 3.14. The van der Waals surface area contributed by atoms with Crippen LogP contribution in [-0.4, -0.2) is 6.67 Å². The minimum absolute atomic E-state index is 0.468. The van der Waals surface area contributed by atoms with Gasteiger partial charge in [0.2, 0.25) is 0 Å². The van der Waals surface area contributed by atoms with Crippen LogP contribution in [0.3, 0.4) is 0 Å². The summed E-state index contributed by atoms with van der Waals surface area (Å²) >= 11 is 0. The quantitative estimate of drug-likeness (QED) is 0.584. The number of benzene rings is 1. The lowest BCUT2D eigenvalue weighted by molar-refractivity contribution is 0.572. The van der Waals surface area contributed by atoms with Crippen molar-refractivity contribution in [1.29, 1.82) is 0 Å². The molecule has 0 fully saturated rings. The van der Waals surface area contributed by atoms with Crippen LogP contribution in [0.25, 0.3) is 5.57 Å². The van der Waals surface area contributed by atoms with Crippen LogP contribution < -0.4 is 0 Å². The zero-order chi connectivity index (χ0) is 7.40. The van der Waals surface area contributed by atoms with E-state index in [1.165, 1.54) is 0 Å². The molecular formula is C9H9F. The van der Waals surface area contributed by atoms with Crippen LogP contribution in [0.2, 0.25) is 0 Å². The lowest BCUT2D eigenvalue weighted by atomic mass is 10.1. The zero-order valence-electron chi connectivity index (χ0n) is 5.68. The maximum absolute atomic E-state index is 12.0. The first-order chi connectivity index (χ1) is 4.84. The maximum atomic E-state index is 12.0. The average Bonchev–Trinajstić information content (AvgIpc) is 2.05. The van der Waals surface area contributed by atoms with Crippen molar-refractivity contribution in [2.45, 2.75) is 0 Å². The zero-order valence-corrected chi connectivity index (χ0v) is 5.68. The van der Waals surface area contributed by atoms with Gasteiger partial charge in [0.1, 0.15) is 6.67 Å². The van der Waals surface area contributed by atoms with E-state index in [0.717, 1.165) is 5.56 Å². The fraction of sp³-hybridized carbons (Fsp3) is 0.111. The molecule has 0 N–H and O–H groups in total. The molecule has 0 bridgehead atoms. The molecule has 0 amide bonds. The van der Waals surface area contributed by atoms with Crippen LogP contribution >= 0.6 is 0 Å². The van der Waals surface area contributed by atoms with E-state index in [2.05, 4.69) is 6.58 Å². The number of alkyl halides is 1. The molecule has 0 saturated carbocycles. The van der Waals surface area contributed by atoms with Crippen LogP contribution in [0, 0.1) is 0 Å². The molecule has 0 saturated heterocycles. The highest BCUT2D eigenvalue weighted by Crippen LogP contribution is 2.10. The van der Waals surface area contributed by atoms with Crippen molar-refractivity contribution in [3.05, 3.63) is 42.5 Å². The predicted molar refractivity (Wildman–Crippen MR) is 41.5 cm³/mol. The second-order valence-electron chi connectivity index (χ2n) is 2.10. The molecule has 10 heavy (non-hydrogen) atoms. The predicted octanol–water partition coefficient (Wildman–Crippen LogP) is 2.67. The van der Waals surface area contributed by atoms with Crippen LogP contribution in [0.1, 0.15) is 5.56 Å². The molecule has 0 heterocycles. The third-order valence-electron chi connectivity index (χ3n) is 1.34. The van der Waals surface area contributed by atoms with Crippen LogP contribution in [-0.2, 0) is 0 Å². The van der Waals surface area contributed by atoms with E-state index in [-0.39, 0.29) is 0 Å². The second kappa shape index (κ2) is 3.16. The molecule has 0 aromatic heterocycles. The summed E-state index contributed by atoms with van der Waals surface area (Å²) in [5.74, 6) is 0. The summed E-state index contributed by atoms with van der Waals surface area (Å²) in [4.78, 5) is 0. The highest BCUT2D eigenvalue weighted by atomic mass is 18.2. The van der Waals surface area contributed by atoms with Crippen molar-refractivity contribution in [1.82, 2.24) is 0 Å². The van der Waals surface area contributed by atoms with E-state index in [1.54, 1.807) is 0 Å². The third-order valence-corrected chi connectivity index (χ3v) is 1.34. The minimum atomic E-state index is -0.468. The summed E-state index contributed by atoms with van der Waals surface area (Å²) in [5.41, 5.74) is 1.42. The van der Waals surface area contributed by atoms with Crippen molar-refractivity contribution in [2.24, 2.45) is 0 Å². The summed E-state index contributed by atoms with van der Waals surface area (Å²) in [6, 6.07) is 9.34. The largest absolute Gasteiger partial charge is 0.246 e. The fourth-order valence-electron chi connectivity index (χ4n) is 0.751. The van der Waals surface area contributed by atoms with Gasteiger partial charge in [0.15, 0.2) is 0 Å². The molecule has 0 unspecified atom stereocenters. The summed E-state index contributed by atoms with van der Waals surface area (Å²) in [7, 11) is 0. The normalized spacial score (nSPS) is 9.30. The first kappa shape index (κ1) is 7.00. The average molecular weight is 135 g/mol. The van der Waals surface area contributed by atoms with Gasteiger partial charge in [-0.05, 0) is 11.1 Å². The Kier molecular flexibility index (Phi) is 2.21. The van der Waals surface area contributed by atoms with Gasteiger partial charge in [-0.2, -0.15) is 0 Å². The Balaban J connectivity index is 2.85. The lowest BCUT2D eigenvalue weighted by Crippen LogP contribution is -1.81. The molecule has 0 radical (unpaired) electrons. The van der Waals surface area contributed by atoms with Gasteiger partial charge in [0.25, 0.3) is 0 Å². The van der Waals surface area contributed by atoms with Gasteiger partial charge in [0, 0.05) is 0 Å². The first-order valence-corrected chi connectivity index (χ1v) is 3.14. The number of rotatable bonds is 2. The Labute approximate surface area is 60.0 Å². The second-order valence-corrected chi connectivity index (χ2v) is 2.10. The van der Waals surface area contributed by atoms with E-state index in [1.807, 2.05) is 30.3 Å². The SMILES string of the molecule is C=C(C[18F])c1ccccc1. The van der Waals surface area contributed by atoms with E-state index in [4.69, 9.17) is 0 Å². The van der Waals surface area contributed by atoms with Crippen LogP contribution in [0.5, 0.6) is 0 Å². The number of hydrogen-bond donors (Lipinski definition) is 0. The van der Waals surface area contributed by atoms with Crippen molar-refractivity contribution < 1.29 is 4.39 Å². The molecule has 0 aliphatic rings. The summed E-state index contributed by atoms with van der Waals surface area (Å²) in [6.45, 7) is 3.10. The molecular weight excluding hydrogens is 126 g/mol. The van der Waals surface area contributed by atoms with Crippen molar-refractivity contribution in [3.8, 4) is 0 Å². The highest BCUT2D eigenvalue weighted by molar-refractivity contribution is 5.63. The van der Waals surface area contributed by atoms with Gasteiger partial charge in [-0.15, -0.1) is 0 Å². The molecule has 0 spiro atoms. The maximum Gasteiger partial charge on any atom is 0.115 e. The standard InChI is InChI=1S/C9H9F/c1-8(7-10)9-5-3-2-4-6-9/h2-6H,1,7H2/i10-1. The summed E-state index contributed by atoms with van der Waals surface area (Å²) in [6.07, 6.45) is 0. The van der Waals surface area contributed by atoms with E-state index in [0.29, 0.717) is 5.57 Å². The van der Waals surface area contributed by atoms with E-state index in [9.17, 15) is 4.39 Å². The number of allylic oxidation sites excluding steroid dienone is 1. The molecule has 0 atom stereocenters. The van der Waals surface area contributed by atoms with Gasteiger partial charge < -0.3 is 0 Å². The van der Waals surface area contributed by atoms with Gasteiger partial charge in [-0.3, -0.25) is 0 Å². The highest BCUT2D eigenvalue weighted by Gasteiger charge is 1.93. The van der Waals surface area contributed by atoms with Crippen molar-refractivity contribution >= 4 is 5.57 Å². The lowest BCUT2D eigenvalue weighted by Gasteiger charge is -1.97. The Morgan fingerprint density at radius 1 is 1.30 bits per heavy atom. The number of halogens is 1. The monoisotopic (exact) mass is 135 g/mol. The molecule has 52 valence electrons. The van der Waals surface area contributed by atoms with E-state index >= 15 is 0 Å². The summed E-state index contributed by atoms with van der Waals surface area (Å²) in [5, 5.41) is 0. The van der Waals surface area contributed by atoms with Crippen LogP contribution in [0.15, 0.2) is 36.9 Å². The summed E-state index contributed by atoms with van der Waals surface area (Å²) < 4.78 is 12.0. The van der Waals surface area contributed by atoms with Gasteiger partial charge in [0.05, 0.1) is 0 Å². The van der Waals surface area contributed by atoms with Crippen LogP contribution in [0.4, 0.5) is 4.39 Å². The van der Waals surface area contributed by atoms with Gasteiger partial charge in [-0.25, -0.2) is 4.39 Å². The molecule has 0 aliphatic carbocycles. The molecule has 1 rings (SSSR count). The molecule has 1 aromatic carbocycles. The molecule has 0 nitrogen and oxygen atoms in total. The third kappa shape index (κ3) is 1.44. The fourth-order valence-corrected chi connectivity index (χ4v) is 0.751. The van der Waals surface area contributed by atoms with E-state index < -0.39 is 6.67 Å². The Hall–Kier alpha value is -1.11. The minimum Gasteiger partial charge on any atom is -0.246 e. The Morgan fingerprint density at radius 2 is 1.90 bits per heavy atom. The Morgan fingerprint density at radius 3 is 2.40 bits per heavy atom. The smallest absolute Gasteiger partial charge is 0.115 e. The molecule has 0 aliphatic heterocycles. The topological polar surface area (TPSA) is 0 Å². The number of hydrogen-bond acceptors (Lipinski definition) is 0. The molecule has 1 aromatic rings.